The van der Waals surface area contributed by atoms with Crippen molar-refractivity contribution in [2.75, 3.05) is 25.5 Å². The van der Waals surface area contributed by atoms with Crippen LogP contribution in [0.25, 0.3) is 0 Å². The summed E-state index contributed by atoms with van der Waals surface area (Å²) in [5, 5.41) is 10.7. The van der Waals surface area contributed by atoms with Gasteiger partial charge in [-0.25, -0.2) is 9.89 Å². The first-order valence-electron chi connectivity index (χ1n) is 6.27. The van der Waals surface area contributed by atoms with Crippen molar-refractivity contribution < 1.29 is 4.74 Å². The zero-order chi connectivity index (χ0) is 13.0. The maximum Gasteiger partial charge on any atom is 0.343 e. The summed E-state index contributed by atoms with van der Waals surface area (Å²) < 4.78 is 6.98. The fourth-order valence-corrected chi connectivity index (χ4v) is 3.23. The SMILES string of the molecule is CCNC(CSc1n[nH]c(=O)n1C)C1CCOC1. The molecule has 102 valence electrons. The lowest BCUT2D eigenvalue weighted by molar-refractivity contribution is 0.179. The number of thioether (sulfide) groups is 1. The highest BCUT2D eigenvalue weighted by Crippen LogP contribution is 2.22. The number of H-pyrrole nitrogens is 1. The molecule has 0 bridgehead atoms. The minimum atomic E-state index is -0.165. The zero-order valence-electron chi connectivity index (χ0n) is 10.8. The predicted molar refractivity (Wildman–Crippen MR) is 70.9 cm³/mol. The highest BCUT2D eigenvalue weighted by molar-refractivity contribution is 7.99. The third-order valence-corrected chi connectivity index (χ3v) is 4.38. The average molecular weight is 272 g/mol. The Morgan fingerprint density at radius 1 is 1.72 bits per heavy atom. The number of nitrogens with zero attached hydrogens (tertiary/aromatic N) is 2. The first-order valence-corrected chi connectivity index (χ1v) is 7.26. The van der Waals surface area contributed by atoms with Crippen LogP contribution in [0.4, 0.5) is 0 Å². The van der Waals surface area contributed by atoms with Crippen molar-refractivity contribution >= 4 is 11.8 Å². The maximum absolute atomic E-state index is 11.3. The van der Waals surface area contributed by atoms with E-state index in [1.165, 1.54) is 0 Å². The van der Waals surface area contributed by atoms with Gasteiger partial charge in [-0.05, 0) is 13.0 Å². The molecule has 0 spiro atoms. The summed E-state index contributed by atoms with van der Waals surface area (Å²) in [7, 11) is 1.73. The lowest BCUT2D eigenvalue weighted by atomic mass is 10.0. The Hall–Kier alpha value is -0.790. The Labute approximate surface area is 110 Å². The van der Waals surface area contributed by atoms with E-state index in [0.29, 0.717) is 12.0 Å². The van der Waals surface area contributed by atoms with Crippen molar-refractivity contribution in [1.82, 2.24) is 20.1 Å². The van der Waals surface area contributed by atoms with Crippen LogP contribution in [0.3, 0.4) is 0 Å². The van der Waals surface area contributed by atoms with E-state index in [1.54, 1.807) is 23.4 Å². The standard InChI is InChI=1S/C11H20N4O2S/c1-3-12-9(8-4-5-17-6-8)7-18-11-14-13-10(16)15(11)2/h8-9,12H,3-7H2,1-2H3,(H,13,16). The Morgan fingerprint density at radius 3 is 3.11 bits per heavy atom. The Balaban J connectivity index is 1.92. The fourth-order valence-electron chi connectivity index (χ4n) is 2.12. The Bertz CT molecular complexity index is 425. The molecule has 2 rings (SSSR count). The normalized spacial score (nSPS) is 21.3. The van der Waals surface area contributed by atoms with Gasteiger partial charge in [0.05, 0.1) is 6.61 Å². The maximum atomic E-state index is 11.3. The molecular formula is C11H20N4O2S. The summed E-state index contributed by atoms with van der Waals surface area (Å²) in [6.07, 6.45) is 1.11. The van der Waals surface area contributed by atoms with Crippen LogP contribution in [0.5, 0.6) is 0 Å². The van der Waals surface area contributed by atoms with Gasteiger partial charge >= 0.3 is 5.69 Å². The summed E-state index contributed by atoms with van der Waals surface area (Å²) in [5.41, 5.74) is -0.165. The molecule has 1 saturated heterocycles. The molecule has 0 radical (unpaired) electrons. The van der Waals surface area contributed by atoms with Crippen LogP contribution in [0.1, 0.15) is 13.3 Å². The molecule has 2 unspecified atom stereocenters. The zero-order valence-corrected chi connectivity index (χ0v) is 11.6. The second-order valence-electron chi connectivity index (χ2n) is 4.47. The summed E-state index contributed by atoms with van der Waals surface area (Å²) in [4.78, 5) is 11.3. The van der Waals surface area contributed by atoms with Crippen LogP contribution in [0, 0.1) is 5.92 Å². The van der Waals surface area contributed by atoms with Crippen LogP contribution < -0.4 is 11.0 Å². The van der Waals surface area contributed by atoms with Crippen LogP contribution >= 0.6 is 11.8 Å². The number of aromatic amines is 1. The van der Waals surface area contributed by atoms with Gasteiger partial charge in [-0.2, -0.15) is 0 Å². The molecule has 6 nitrogen and oxygen atoms in total. The molecule has 1 fully saturated rings. The van der Waals surface area contributed by atoms with Crippen LogP contribution in [0.15, 0.2) is 9.95 Å². The van der Waals surface area contributed by atoms with Crippen LogP contribution in [0.2, 0.25) is 0 Å². The van der Waals surface area contributed by atoms with Gasteiger partial charge in [0.15, 0.2) is 5.16 Å². The average Bonchev–Trinajstić information content (AvgIpc) is 2.98. The second kappa shape index (κ2) is 6.40. The quantitative estimate of drug-likeness (QED) is 0.725. The second-order valence-corrected chi connectivity index (χ2v) is 5.46. The highest BCUT2D eigenvalue weighted by atomic mass is 32.2. The van der Waals surface area contributed by atoms with Gasteiger partial charge < -0.3 is 10.1 Å². The first-order chi connectivity index (χ1) is 8.72. The summed E-state index contributed by atoms with van der Waals surface area (Å²) in [6.45, 7) is 4.74. The van der Waals surface area contributed by atoms with Gasteiger partial charge in [-0.1, -0.05) is 18.7 Å². The van der Waals surface area contributed by atoms with Crippen molar-refractivity contribution in [3.8, 4) is 0 Å². The smallest absolute Gasteiger partial charge is 0.343 e. The molecule has 1 aromatic rings. The molecule has 18 heavy (non-hydrogen) atoms. The van der Waals surface area contributed by atoms with Crippen LogP contribution in [-0.4, -0.2) is 46.3 Å². The summed E-state index contributed by atoms with van der Waals surface area (Å²) in [5.74, 6) is 1.47. The monoisotopic (exact) mass is 272 g/mol. The van der Waals surface area contributed by atoms with Gasteiger partial charge in [-0.3, -0.25) is 4.57 Å². The fraction of sp³-hybridized carbons (Fsp3) is 0.818. The molecule has 1 aromatic heterocycles. The topological polar surface area (TPSA) is 71.9 Å². The molecule has 1 aliphatic rings. The molecule has 7 heteroatoms. The van der Waals surface area contributed by atoms with E-state index in [1.807, 2.05) is 0 Å². The van der Waals surface area contributed by atoms with Crippen molar-refractivity contribution in [1.29, 1.82) is 0 Å². The van der Waals surface area contributed by atoms with Gasteiger partial charge in [0.2, 0.25) is 0 Å². The van der Waals surface area contributed by atoms with Gasteiger partial charge in [0.1, 0.15) is 0 Å². The first kappa shape index (κ1) is 13.6. The number of hydrogen-bond donors (Lipinski definition) is 2. The van der Waals surface area contributed by atoms with Crippen LogP contribution in [-0.2, 0) is 11.8 Å². The minimum Gasteiger partial charge on any atom is -0.381 e. The molecule has 0 aliphatic carbocycles. The molecule has 0 aromatic carbocycles. The molecule has 1 aliphatic heterocycles. The van der Waals surface area contributed by atoms with E-state index in [2.05, 4.69) is 22.4 Å². The van der Waals surface area contributed by atoms with Crippen molar-refractivity contribution in [3.63, 3.8) is 0 Å². The van der Waals surface area contributed by atoms with Crippen molar-refractivity contribution in [2.45, 2.75) is 24.5 Å². The van der Waals surface area contributed by atoms with Crippen molar-refractivity contribution in [3.05, 3.63) is 10.5 Å². The number of aromatic nitrogens is 3. The van der Waals surface area contributed by atoms with E-state index < -0.39 is 0 Å². The largest absolute Gasteiger partial charge is 0.381 e. The Kier molecular flexibility index (Phi) is 4.85. The van der Waals surface area contributed by atoms with Gasteiger partial charge in [0.25, 0.3) is 0 Å². The summed E-state index contributed by atoms with van der Waals surface area (Å²) >= 11 is 1.61. The predicted octanol–water partition coefficient (Wildman–Crippen LogP) is 0.215. The number of rotatable bonds is 6. The highest BCUT2D eigenvalue weighted by Gasteiger charge is 2.25. The van der Waals surface area contributed by atoms with E-state index in [4.69, 9.17) is 4.74 Å². The molecule has 2 N–H and O–H groups in total. The lowest BCUT2D eigenvalue weighted by Crippen LogP contribution is -2.38. The van der Waals surface area contributed by atoms with E-state index in [-0.39, 0.29) is 5.69 Å². The van der Waals surface area contributed by atoms with E-state index in [0.717, 1.165) is 37.1 Å². The van der Waals surface area contributed by atoms with E-state index in [9.17, 15) is 4.79 Å². The number of hydrogen-bond acceptors (Lipinski definition) is 5. The van der Waals surface area contributed by atoms with Gasteiger partial charge in [0, 0.05) is 31.4 Å². The minimum absolute atomic E-state index is 0.165. The number of nitrogens with one attached hydrogen (secondary N) is 2. The lowest BCUT2D eigenvalue weighted by Gasteiger charge is -2.22. The molecule has 0 saturated carbocycles. The number of ether oxygens (including phenoxy) is 1. The third-order valence-electron chi connectivity index (χ3n) is 3.23. The van der Waals surface area contributed by atoms with Gasteiger partial charge in [-0.15, -0.1) is 5.10 Å². The summed E-state index contributed by atoms with van der Waals surface area (Å²) in [6, 6.07) is 0.411. The molecular weight excluding hydrogens is 252 g/mol. The third kappa shape index (κ3) is 3.15. The molecule has 2 heterocycles. The van der Waals surface area contributed by atoms with E-state index >= 15 is 0 Å². The molecule has 2 atom stereocenters. The Morgan fingerprint density at radius 2 is 2.56 bits per heavy atom. The molecule has 0 amide bonds. The van der Waals surface area contributed by atoms with Crippen molar-refractivity contribution in [2.24, 2.45) is 13.0 Å².